The van der Waals surface area contributed by atoms with Crippen LogP contribution in [-0.2, 0) is 4.65 Å². The van der Waals surface area contributed by atoms with Crippen molar-refractivity contribution >= 4 is 7.32 Å². The molecular weight excluding hydrogens is 119 g/mol. The van der Waals surface area contributed by atoms with Gasteiger partial charge in [0.25, 0.3) is 0 Å². The molecule has 0 saturated heterocycles. The zero-order chi connectivity index (χ0) is 6.69. The molecule has 48 valence electrons. The van der Waals surface area contributed by atoms with Crippen LogP contribution in [0.5, 0.6) is 0 Å². The third kappa shape index (κ3) is 1.91. The summed E-state index contributed by atoms with van der Waals surface area (Å²) in [6.07, 6.45) is 6.14. The summed E-state index contributed by atoms with van der Waals surface area (Å²) in [6, 6.07) is 0. The molecule has 0 bridgehead atoms. The fourth-order valence-electron chi connectivity index (χ4n) is 0.646. The van der Waals surface area contributed by atoms with Crippen LogP contribution < -0.4 is 0 Å². The SMILES string of the molecule is OB(O)OC1=CCC=C1. The van der Waals surface area contributed by atoms with E-state index in [1.54, 1.807) is 12.2 Å². The van der Waals surface area contributed by atoms with E-state index in [9.17, 15) is 0 Å². The molecule has 9 heavy (non-hydrogen) atoms. The molecule has 0 heterocycles. The molecular formula is C5H7BO3. The van der Waals surface area contributed by atoms with Crippen LogP contribution in [0.2, 0.25) is 0 Å². The molecule has 0 amide bonds. The van der Waals surface area contributed by atoms with Gasteiger partial charge in [-0.3, -0.25) is 0 Å². The normalized spacial score (nSPS) is 15.6. The maximum Gasteiger partial charge on any atom is 0.707 e. The lowest BCUT2D eigenvalue weighted by Crippen LogP contribution is -2.15. The second kappa shape index (κ2) is 2.71. The van der Waals surface area contributed by atoms with Gasteiger partial charge in [-0.25, -0.2) is 0 Å². The van der Waals surface area contributed by atoms with Gasteiger partial charge < -0.3 is 14.7 Å². The quantitative estimate of drug-likeness (QED) is 0.504. The van der Waals surface area contributed by atoms with E-state index in [0.717, 1.165) is 6.42 Å². The fraction of sp³-hybridized carbons (Fsp3) is 0.200. The van der Waals surface area contributed by atoms with Crippen molar-refractivity contribution in [1.82, 2.24) is 0 Å². The van der Waals surface area contributed by atoms with Gasteiger partial charge in [0.05, 0.1) is 5.76 Å². The molecule has 0 aromatic rings. The minimum Gasteiger partial charge on any atom is -0.512 e. The van der Waals surface area contributed by atoms with E-state index >= 15 is 0 Å². The van der Waals surface area contributed by atoms with Gasteiger partial charge in [-0.1, -0.05) is 6.08 Å². The van der Waals surface area contributed by atoms with E-state index in [0.29, 0.717) is 5.76 Å². The molecule has 0 radical (unpaired) electrons. The van der Waals surface area contributed by atoms with Crippen LogP contribution in [0, 0.1) is 0 Å². The first-order chi connectivity index (χ1) is 4.29. The summed E-state index contributed by atoms with van der Waals surface area (Å²) in [5.41, 5.74) is 0. The van der Waals surface area contributed by atoms with Crippen molar-refractivity contribution in [2.45, 2.75) is 6.42 Å². The Hall–Kier alpha value is -0.735. The molecule has 1 aliphatic carbocycles. The lowest BCUT2D eigenvalue weighted by Gasteiger charge is -2.00. The Kier molecular flexibility index (Phi) is 1.92. The Morgan fingerprint density at radius 1 is 1.56 bits per heavy atom. The molecule has 0 aromatic carbocycles. The predicted molar refractivity (Wildman–Crippen MR) is 33.1 cm³/mol. The molecule has 0 spiro atoms. The lowest BCUT2D eigenvalue weighted by atomic mass is 10.2. The Bertz CT molecular complexity index is 150. The van der Waals surface area contributed by atoms with Crippen LogP contribution >= 0.6 is 0 Å². The smallest absolute Gasteiger partial charge is 0.512 e. The first kappa shape index (κ1) is 6.39. The maximum absolute atomic E-state index is 8.27. The number of hydrogen-bond acceptors (Lipinski definition) is 3. The summed E-state index contributed by atoms with van der Waals surface area (Å²) in [5.74, 6) is 0.519. The largest absolute Gasteiger partial charge is 0.707 e. The Balaban J connectivity index is 2.35. The minimum absolute atomic E-state index is 0.519. The average Bonchev–Trinajstić information content (AvgIpc) is 2.15. The van der Waals surface area contributed by atoms with E-state index in [2.05, 4.69) is 4.65 Å². The summed E-state index contributed by atoms with van der Waals surface area (Å²) in [7, 11) is -1.70. The second-order valence-electron chi connectivity index (χ2n) is 1.69. The van der Waals surface area contributed by atoms with Crippen molar-refractivity contribution in [3.8, 4) is 0 Å². The van der Waals surface area contributed by atoms with Crippen molar-refractivity contribution in [3.05, 3.63) is 24.0 Å². The van der Waals surface area contributed by atoms with Gasteiger partial charge in [-0.2, -0.15) is 0 Å². The molecule has 0 saturated carbocycles. The standard InChI is InChI=1S/C5H7BO3/c7-6(8)9-5-3-1-2-4-5/h1,3-4,7-8H,2H2. The summed E-state index contributed by atoms with van der Waals surface area (Å²) in [5, 5.41) is 16.5. The average molecular weight is 126 g/mol. The van der Waals surface area contributed by atoms with Crippen LogP contribution in [0.25, 0.3) is 0 Å². The Morgan fingerprint density at radius 2 is 2.33 bits per heavy atom. The molecule has 4 heteroatoms. The highest BCUT2D eigenvalue weighted by Gasteiger charge is 2.11. The molecule has 3 nitrogen and oxygen atoms in total. The minimum atomic E-state index is -1.70. The summed E-state index contributed by atoms with van der Waals surface area (Å²) in [4.78, 5) is 0. The van der Waals surface area contributed by atoms with Crippen molar-refractivity contribution in [2.75, 3.05) is 0 Å². The second-order valence-corrected chi connectivity index (χ2v) is 1.69. The van der Waals surface area contributed by atoms with Crippen LogP contribution in [0.15, 0.2) is 24.0 Å². The zero-order valence-corrected chi connectivity index (χ0v) is 4.82. The third-order valence-electron chi connectivity index (χ3n) is 0.979. The van der Waals surface area contributed by atoms with Crippen LogP contribution in [0.4, 0.5) is 0 Å². The van der Waals surface area contributed by atoms with Gasteiger partial charge in [-0.05, 0) is 18.6 Å². The third-order valence-corrected chi connectivity index (χ3v) is 0.979. The predicted octanol–water partition coefficient (Wildman–Crippen LogP) is -0.184. The topological polar surface area (TPSA) is 49.7 Å². The Labute approximate surface area is 53.4 Å². The number of rotatable bonds is 2. The number of allylic oxidation sites excluding steroid dienone is 3. The molecule has 0 fully saturated rings. The zero-order valence-electron chi connectivity index (χ0n) is 4.82. The van der Waals surface area contributed by atoms with Crippen molar-refractivity contribution in [2.24, 2.45) is 0 Å². The monoisotopic (exact) mass is 126 g/mol. The highest BCUT2D eigenvalue weighted by molar-refractivity contribution is 6.33. The van der Waals surface area contributed by atoms with Gasteiger partial charge in [-0.15, -0.1) is 0 Å². The molecule has 0 aromatic heterocycles. The Morgan fingerprint density at radius 3 is 2.78 bits per heavy atom. The van der Waals surface area contributed by atoms with Gasteiger partial charge in [0.1, 0.15) is 0 Å². The van der Waals surface area contributed by atoms with Crippen molar-refractivity contribution in [3.63, 3.8) is 0 Å². The van der Waals surface area contributed by atoms with E-state index in [1.807, 2.05) is 6.08 Å². The maximum atomic E-state index is 8.27. The van der Waals surface area contributed by atoms with Crippen molar-refractivity contribution < 1.29 is 14.7 Å². The van der Waals surface area contributed by atoms with E-state index < -0.39 is 7.32 Å². The van der Waals surface area contributed by atoms with Crippen molar-refractivity contribution in [1.29, 1.82) is 0 Å². The summed E-state index contributed by atoms with van der Waals surface area (Å²) in [6.45, 7) is 0. The van der Waals surface area contributed by atoms with Crippen LogP contribution in [0.1, 0.15) is 6.42 Å². The molecule has 1 aliphatic rings. The number of hydrogen-bond donors (Lipinski definition) is 2. The van der Waals surface area contributed by atoms with E-state index in [4.69, 9.17) is 10.0 Å². The van der Waals surface area contributed by atoms with Gasteiger partial charge in [0.2, 0.25) is 0 Å². The van der Waals surface area contributed by atoms with E-state index in [1.165, 1.54) is 0 Å². The first-order valence-electron chi connectivity index (χ1n) is 2.68. The summed E-state index contributed by atoms with van der Waals surface area (Å²) >= 11 is 0. The fourth-order valence-corrected chi connectivity index (χ4v) is 0.646. The molecule has 2 N–H and O–H groups in total. The first-order valence-corrected chi connectivity index (χ1v) is 2.68. The van der Waals surface area contributed by atoms with Crippen LogP contribution in [-0.4, -0.2) is 17.4 Å². The van der Waals surface area contributed by atoms with Crippen LogP contribution in [0.3, 0.4) is 0 Å². The van der Waals surface area contributed by atoms with Gasteiger partial charge in [0, 0.05) is 0 Å². The summed E-state index contributed by atoms with van der Waals surface area (Å²) < 4.78 is 4.50. The van der Waals surface area contributed by atoms with Gasteiger partial charge in [0.15, 0.2) is 0 Å². The molecule has 0 unspecified atom stereocenters. The molecule has 1 rings (SSSR count). The lowest BCUT2D eigenvalue weighted by molar-refractivity contribution is 0.244. The van der Waals surface area contributed by atoms with E-state index in [-0.39, 0.29) is 0 Å². The van der Waals surface area contributed by atoms with Gasteiger partial charge >= 0.3 is 7.32 Å². The molecule has 0 atom stereocenters. The highest BCUT2D eigenvalue weighted by atomic mass is 16.6. The highest BCUT2D eigenvalue weighted by Crippen LogP contribution is 2.09. The molecule has 0 aliphatic heterocycles.